The number of methoxy groups -OCH3 is 1. The number of rotatable bonds is 5. The van der Waals surface area contributed by atoms with Gasteiger partial charge in [-0.15, -0.1) is 0 Å². The van der Waals surface area contributed by atoms with E-state index >= 15 is 0 Å². The van der Waals surface area contributed by atoms with Gasteiger partial charge in [-0.3, -0.25) is 0 Å². The van der Waals surface area contributed by atoms with E-state index in [1.807, 2.05) is 26.0 Å². The van der Waals surface area contributed by atoms with E-state index in [1.165, 1.54) is 0 Å². The average molecular weight is 290 g/mol. The number of hydrogen-bond acceptors (Lipinski definition) is 2. The Kier molecular flexibility index (Phi) is 4.74. The summed E-state index contributed by atoms with van der Waals surface area (Å²) in [5.74, 6) is 0.707. The lowest BCUT2D eigenvalue weighted by molar-refractivity contribution is -0.209. The van der Waals surface area contributed by atoms with Gasteiger partial charge in [0, 0.05) is 5.41 Å². The Morgan fingerprint density at radius 3 is 1.85 bits per heavy atom. The molecule has 0 unspecified atom stereocenters. The summed E-state index contributed by atoms with van der Waals surface area (Å²) in [5, 5.41) is 0. The minimum Gasteiger partial charge on any atom is -0.497 e. The molecule has 0 heterocycles. The van der Waals surface area contributed by atoms with Crippen molar-refractivity contribution < 1.29 is 22.6 Å². The summed E-state index contributed by atoms with van der Waals surface area (Å²) in [6.45, 7) is 5.82. The van der Waals surface area contributed by atoms with E-state index in [0.29, 0.717) is 5.75 Å². The molecule has 0 spiro atoms. The molecule has 0 aromatic heterocycles. The Labute approximate surface area is 117 Å². The Morgan fingerprint density at radius 1 is 0.950 bits per heavy atom. The fourth-order valence-electron chi connectivity index (χ4n) is 1.80. The summed E-state index contributed by atoms with van der Waals surface area (Å²) in [4.78, 5) is 0. The van der Waals surface area contributed by atoms with Crippen molar-refractivity contribution in [1.29, 1.82) is 0 Å². The van der Waals surface area contributed by atoms with E-state index in [9.17, 15) is 13.2 Å². The number of benzene rings is 1. The van der Waals surface area contributed by atoms with E-state index in [-0.39, 0.29) is 0 Å². The van der Waals surface area contributed by atoms with Gasteiger partial charge >= 0.3 is 6.18 Å². The molecule has 1 aromatic rings. The minimum absolute atomic E-state index is 0.579. The zero-order valence-electron chi connectivity index (χ0n) is 12.5. The molecular formula is C15H21F3O2. The van der Waals surface area contributed by atoms with Crippen molar-refractivity contribution in [3.63, 3.8) is 0 Å². The molecule has 0 aliphatic heterocycles. The quantitative estimate of drug-likeness (QED) is 0.803. The highest BCUT2D eigenvalue weighted by Crippen LogP contribution is 2.38. The van der Waals surface area contributed by atoms with Gasteiger partial charge in [0.15, 0.2) is 0 Å². The van der Waals surface area contributed by atoms with Crippen LogP contribution >= 0.6 is 0 Å². The summed E-state index contributed by atoms with van der Waals surface area (Å²) >= 11 is 0. The maximum Gasteiger partial charge on any atom is 0.411 e. The highest BCUT2D eigenvalue weighted by Gasteiger charge is 2.42. The van der Waals surface area contributed by atoms with Crippen LogP contribution in [0.5, 0.6) is 5.75 Å². The van der Waals surface area contributed by atoms with Gasteiger partial charge in [-0.25, -0.2) is 0 Å². The van der Waals surface area contributed by atoms with E-state index in [1.54, 1.807) is 33.1 Å². The first kappa shape index (κ1) is 16.8. The summed E-state index contributed by atoms with van der Waals surface area (Å²) in [6.07, 6.45) is -4.33. The standard InChI is InChI=1S/C15H21F3O2/c1-13(2,11-6-8-12(19-5)9-7-11)14(3,4)20-10-15(16,17)18/h6-9H,10H2,1-5H3. The molecule has 0 aliphatic carbocycles. The second-order valence-corrected chi connectivity index (χ2v) is 5.77. The fraction of sp³-hybridized carbons (Fsp3) is 0.600. The summed E-state index contributed by atoms with van der Waals surface area (Å²) in [6, 6.07) is 7.27. The molecule has 0 aliphatic rings. The molecule has 1 aromatic carbocycles. The van der Waals surface area contributed by atoms with Gasteiger partial charge in [0.05, 0.1) is 12.7 Å². The fourth-order valence-corrected chi connectivity index (χ4v) is 1.80. The monoisotopic (exact) mass is 290 g/mol. The SMILES string of the molecule is COc1ccc(C(C)(C)C(C)(C)OCC(F)(F)F)cc1. The Balaban J connectivity index is 2.94. The number of ether oxygens (including phenoxy) is 2. The van der Waals surface area contributed by atoms with Gasteiger partial charge in [0.1, 0.15) is 12.4 Å². The van der Waals surface area contributed by atoms with Crippen LogP contribution < -0.4 is 4.74 Å². The zero-order valence-corrected chi connectivity index (χ0v) is 12.5. The van der Waals surface area contributed by atoms with E-state index in [0.717, 1.165) is 5.56 Å². The van der Waals surface area contributed by atoms with Gasteiger partial charge in [-0.05, 0) is 31.5 Å². The molecule has 0 atom stereocenters. The number of halogens is 3. The van der Waals surface area contributed by atoms with Crippen molar-refractivity contribution in [2.24, 2.45) is 0 Å². The lowest BCUT2D eigenvalue weighted by atomic mass is 9.72. The second kappa shape index (κ2) is 5.64. The molecule has 1 rings (SSSR count). The zero-order chi connectivity index (χ0) is 15.6. The highest BCUT2D eigenvalue weighted by atomic mass is 19.4. The van der Waals surface area contributed by atoms with Crippen molar-refractivity contribution in [3.05, 3.63) is 29.8 Å². The third-order valence-corrected chi connectivity index (χ3v) is 3.91. The molecule has 0 bridgehead atoms. The topological polar surface area (TPSA) is 18.5 Å². The van der Waals surface area contributed by atoms with Crippen LogP contribution in [0.2, 0.25) is 0 Å². The van der Waals surface area contributed by atoms with Crippen LogP contribution in [-0.4, -0.2) is 25.5 Å². The maximum absolute atomic E-state index is 12.3. The molecule has 0 radical (unpaired) electrons. The van der Waals surface area contributed by atoms with Gasteiger partial charge < -0.3 is 9.47 Å². The third-order valence-electron chi connectivity index (χ3n) is 3.91. The maximum atomic E-state index is 12.3. The molecule has 0 N–H and O–H groups in total. The molecule has 0 fully saturated rings. The summed E-state index contributed by atoms with van der Waals surface area (Å²) in [7, 11) is 1.57. The summed E-state index contributed by atoms with van der Waals surface area (Å²) < 4.78 is 47.2. The van der Waals surface area contributed by atoms with E-state index in [4.69, 9.17) is 9.47 Å². The van der Waals surface area contributed by atoms with Crippen LogP contribution in [0.1, 0.15) is 33.3 Å². The predicted molar refractivity (Wildman–Crippen MR) is 72.1 cm³/mol. The van der Waals surface area contributed by atoms with Gasteiger partial charge in [0.25, 0.3) is 0 Å². The first-order valence-corrected chi connectivity index (χ1v) is 6.35. The molecule has 5 heteroatoms. The first-order chi connectivity index (χ1) is 8.99. The molecule has 0 saturated carbocycles. The van der Waals surface area contributed by atoms with Crippen molar-refractivity contribution in [2.45, 2.75) is 44.9 Å². The molecule has 0 amide bonds. The average Bonchev–Trinajstić information content (AvgIpc) is 2.35. The first-order valence-electron chi connectivity index (χ1n) is 6.35. The van der Waals surface area contributed by atoms with Crippen LogP contribution in [0, 0.1) is 0 Å². The van der Waals surface area contributed by atoms with Crippen molar-refractivity contribution >= 4 is 0 Å². The highest BCUT2D eigenvalue weighted by molar-refractivity contribution is 5.33. The lowest BCUT2D eigenvalue weighted by Crippen LogP contribution is -2.46. The second-order valence-electron chi connectivity index (χ2n) is 5.77. The Hall–Kier alpha value is -1.23. The molecule has 20 heavy (non-hydrogen) atoms. The van der Waals surface area contributed by atoms with Crippen LogP contribution in [0.15, 0.2) is 24.3 Å². The molecular weight excluding hydrogens is 269 g/mol. The molecule has 0 saturated heterocycles. The predicted octanol–water partition coefficient (Wildman–Crippen LogP) is 4.33. The van der Waals surface area contributed by atoms with Gasteiger partial charge in [-0.2, -0.15) is 13.2 Å². The smallest absolute Gasteiger partial charge is 0.411 e. The Morgan fingerprint density at radius 2 is 1.45 bits per heavy atom. The molecule has 2 nitrogen and oxygen atoms in total. The van der Waals surface area contributed by atoms with Crippen molar-refractivity contribution in [1.82, 2.24) is 0 Å². The number of hydrogen-bond donors (Lipinski definition) is 0. The lowest BCUT2D eigenvalue weighted by Gasteiger charge is -2.42. The summed E-state index contributed by atoms with van der Waals surface area (Å²) in [5.41, 5.74) is -0.646. The van der Waals surface area contributed by atoms with Crippen LogP contribution in [0.3, 0.4) is 0 Å². The van der Waals surface area contributed by atoms with Crippen molar-refractivity contribution in [2.75, 3.05) is 13.7 Å². The normalized spacial score (nSPS) is 13.4. The molecule has 114 valence electrons. The van der Waals surface area contributed by atoms with Gasteiger partial charge in [-0.1, -0.05) is 26.0 Å². The largest absolute Gasteiger partial charge is 0.497 e. The number of alkyl halides is 3. The van der Waals surface area contributed by atoms with Gasteiger partial charge in [0.2, 0.25) is 0 Å². The minimum atomic E-state index is -4.33. The van der Waals surface area contributed by atoms with E-state index < -0.39 is 23.8 Å². The van der Waals surface area contributed by atoms with Crippen molar-refractivity contribution in [3.8, 4) is 5.75 Å². The third kappa shape index (κ3) is 3.88. The van der Waals surface area contributed by atoms with Crippen LogP contribution in [-0.2, 0) is 10.2 Å². The van der Waals surface area contributed by atoms with E-state index in [2.05, 4.69) is 0 Å². The Bertz CT molecular complexity index is 433. The van der Waals surface area contributed by atoms with Crippen LogP contribution in [0.25, 0.3) is 0 Å². The van der Waals surface area contributed by atoms with Crippen LogP contribution in [0.4, 0.5) is 13.2 Å².